The zero-order valence-electron chi connectivity index (χ0n) is 39.8. The Morgan fingerprint density at radius 3 is 1.49 bits per heavy atom. The molecule has 70 heavy (non-hydrogen) atoms. The van der Waals surface area contributed by atoms with Crippen molar-refractivity contribution < 1.29 is 0 Å². The van der Waals surface area contributed by atoms with Gasteiger partial charge in [-0.15, -0.1) is 0 Å². The Bertz CT molecular complexity index is 3640. The van der Waals surface area contributed by atoms with E-state index in [4.69, 9.17) is 0 Å². The lowest BCUT2D eigenvalue weighted by atomic mass is 9.68. The lowest BCUT2D eigenvalue weighted by Gasteiger charge is -2.40. The highest BCUT2D eigenvalue weighted by Crippen LogP contribution is 2.69. The van der Waals surface area contributed by atoms with Gasteiger partial charge in [0.1, 0.15) is 0 Å². The van der Waals surface area contributed by atoms with Crippen molar-refractivity contribution in [2.75, 3.05) is 9.80 Å². The van der Waals surface area contributed by atoms with E-state index in [0.29, 0.717) is 11.8 Å². The van der Waals surface area contributed by atoms with Gasteiger partial charge in [0.25, 0.3) is 0 Å². The fraction of sp³-hybridized carbons (Fsp3) is 0.147. The zero-order chi connectivity index (χ0) is 46.6. The Morgan fingerprint density at radius 1 is 0.371 bits per heavy atom. The van der Waals surface area contributed by atoms with Crippen molar-refractivity contribution >= 4 is 44.9 Å². The van der Waals surface area contributed by atoms with Gasteiger partial charge in [-0.2, -0.15) is 0 Å². The molecule has 2 nitrogen and oxygen atoms in total. The summed E-state index contributed by atoms with van der Waals surface area (Å²) >= 11 is 0. The molecule has 4 aliphatic carbocycles. The maximum atomic E-state index is 2.64. The predicted molar refractivity (Wildman–Crippen MR) is 293 cm³/mol. The Labute approximate surface area is 412 Å². The average Bonchev–Trinajstić information content (AvgIpc) is 4.11. The molecule has 3 atom stereocenters. The minimum absolute atomic E-state index is 0.186. The Balaban J connectivity index is 1.04. The highest BCUT2D eigenvalue weighted by Gasteiger charge is 2.62. The lowest BCUT2D eigenvalue weighted by Crippen LogP contribution is -2.34. The van der Waals surface area contributed by atoms with Gasteiger partial charge in [-0.3, -0.25) is 0 Å². The molecule has 0 aromatic heterocycles. The van der Waals surface area contributed by atoms with E-state index in [1.54, 1.807) is 0 Å². The SMILES string of the molecule is CC1(C)c2ccccc2-c2c(-c3ccccc3)cc(N(c3ccccc3)c3cccc4c3C35c6c(cccc6N(c6ccccc6)c6cc7ccccc7cc6-c6ccccc6)CC3CCC5C4)cc21. The Hall–Kier alpha value is -7.94. The Kier molecular flexibility index (Phi) is 9.27. The lowest BCUT2D eigenvalue weighted by molar-refractivity contribution is 0.350. The molecule has 14 rings (SSSR count). The van der Waals surface area contributed by atoms with E-state index in [1.807, 2.05) is 0 Å². The molecular formula is C68H54N2. The minimum Gasteiger partial charge on any atom is -0.310 e. The van der Waals surface area contributed by atoms with Gasteiger partial charge < -0.3 is 9.80 Å². The molecule has 0 bridgehead atoms. The normalized spacial score (nSPS) is 18.7. The first kappa shape index (κ1) is 41.1. The van der Waals surface area contributed by atoms with E-state index in [-0.39, 0.29) is 10.8 Å². The van der Waals surface area contributed by atoms with Crippen LogP contribution in [0.25, 0.3) is 44.2 Å². The number of rotatable bonds is 8. The quantitative estimate of drug-likeness (QED) is 0.150. The van der Waals surface area contributed by atoms with Crippen LogP contribution in [0.3, 0.4) is 0 Å². The molecule has 1 spiro atoms. The van der Waals surface area contributed by atoms with Crippen LogP contribution < -0.4 is 9.80 Å². The van der Waals surface area contributed by atoms with E-state index in [1.165, 1.54) is 124 Å². The molecule has 0 amide bonds. The van der Waals surface area contributed by atoms with Gasteiger partial charge in [0.05, 0.1) is 17.1 Å². The third kappa shape index (κ3) is 5.99. The van der Waals surface area contributed by atoms with Crippen LogP contribution in [0.15, 0.2) is 231 Å². The summed E-state index contributed by atoms with van der Waals surface area (Å²) in [6, 6.07) is 86.9. The van der Waals surface area contributed by atoms with Gasteiger partial charge in [0.15, 0.2) is 0 Å². The van der Waals surface area contributed by atoms with Crippen molar-refractivity contribution in [2.24, 2.45) is 11.8 Å². The van der Waals surface area contributed by atoms with E-state index in [9.17, 15) is 0 Å². The van der Waals surface area contributed by atoms with Crippen LogP contribution in [-0.4, -0.2) is 0 Å². The second kappa shape index (κ2) is 15.8. The van der Waals surface area contributed by atoms with E-state index < -0.39 is 0 Å². The summed E-state index contributed by atoms with van der Waals surface area (Å²) in [7, 11) is 0. The first-order valence-electron chi connectivity index (χ1n) is 25.4. The summed E-state index contributed by atoms with van der Waals surface area (Å²) in [5, 5.41) is 2.48. The van der Waals surface area contributed by atoms with Crippen molar-refractivity contribution in [1.29, 1.82) is 0 Å². The van der Waals surface area contributed by atoms with Crippen LogP contribution >= 0.6 is 0 Å². The molecule has 1 fully saturated rings. The Morgan fingerprint density at radius 2 is 0.871 bits per heavy atom. The number of hydrogen-bond donors (Lipinski definition) is 0. The summed E-state index contributed by atoms with van der Waals surface area (Å²) in [4.78, 5) is 5.27. The monoisotopic (exact) mass is 898 g/mol. The molecule has 0 saturated heterocycles. The number of fused-ring (bicyclic) bond motifs is 6. The van der Waals surface area contributed by atoms with Gasteiger partial charge >= 0.3 is 0 Å². The molecule has 2 heteroatoms. The highest BCUT2D eigenvalue weighted by atomic mass is 15.2. The zero-order valence-corrected chi connectivity index (χ0v) is 39.8. The van der Waals surface area contributed by atoms with Gasteiger partial charge in [0, 0.05) is 33.5 Å². The van der Waals surface area contributed by atoms with Crippen molar-refractivity contribution in [3.63, 3.8) is 0 Å². The van der Waals surface area contributed by atoms with Crippen LogP contribution in [0.1, 0.15) is 60.1 Å². The van der Waals surface area contributed by atoms with Gasteiger partial charge in [-0.05, 0) is 170 Å². The van der Waals surface area contributed by atoms with E-state index >= 15 is 0 Å². The summed E-state index contributed by atoms with van der Waals surface area (Å²) in [5.74, 6) is 0.953. The number of benzene rings is 10. The second-order valence-corrected chi connectivity index (χ2v) is 20.7. The van der Waals surface area contributed by atoms with Crippen molar-refractivity contribution in [2.45, 2.75) is 50.4 Å². The van der Waals surface area contributed by atoms with Crippen LogP contribution in [0.4, 0.5) is 34.1 Å². The molecule has 0 N–H and O–H groups in total. The molecule has 1 saturated carbocycles. The third-order valence-corrected chi connectivity index (χ3v) is 16.9. The molecule has 0 aliphatic heterocycles. The van der Waals surface area contributed by atoms with Crippen LogP contribution in [-0.2, 0) is 23.7 Å². The number of nitrogens with zero attached hydrogens (tertiary/aromatic N) is 2. The van der Waals surface area contributed by atoms with Crippen LogP contribution in [0, 0.1) is 11.8 Å². The first-order chi connectivity index (χ1) is 34.5. The van der Waals surface area contributed by atoms with Crippen LogP contribution in [0.2, 0.25) is 0 Å². The first-order valence-corrected chi connectivity index (χ1v) is 25.4. The van der Waals surface area contributed by atoms with Gasteiger partial charge in [-0.25, -0.2) is 0 Å². The predicted octanol–water partition coefficient (Wildman–Crippen LogP) is 17.8. The smallest absolute Gasteiger partial charge is 0.0546 e. The fourth-order valence-corrected chi connectivity index (χ4v) is 14.1. The summed E-state index contributed by atoms with van der Waals surface area (Å²) < 4.78 is 0. The molecule has 10 aromatic rings. The van der Waals surface area contributed by atoms with Crippen molar-refractivity contribution in [3.05, 3.63) is 264 Å². The maximum Gasteiger partial charge on any atom is 0.0546 e. The summed E-state index contributed by atoms with van der Waals surface area (Å²) in [5.41, 5.74) is 23.4. The largest absolute Gasteiger partial charge is 0.310 e. The van der Waals surface area contributed by atoms with Crippen molar-refractivity contribution in [3.8, 4) is 33.4 Å². The molecular weight excluding hydrogens is 845 g/mol. The fourth-order valence-electron chi connectivity index (χ4n) is 14.1. The molecule has 3 unspecified atom stereocenters. The number of hydrogen-bond acceptors (Lipinski definition) is 2. The summed E-state index contributed by atoms with van der Waals surface area (Å²) in [6.45, 7) is 4.84. The second-order valence-electron chi connectivity index (χ2n) is 20.7. The molecule has 10 aromatic carbocycles. The standard InChI is InChI=1S/C68H54N2/c1-67(2)59-34-18-17-33-56(59)64-58(46-23-9-4-10-24-46)43-55(44-60(64)67)69(53-29-11-5-12-30-53)61-35-19-27-49-39-51-37-38-52-40-50-28-20-36-62(66(50)68(51,52)65(49)61)70(54-31-13-6-14-32-54)63-42-48-26-16-15-25-47(48)41-57(63)45-21-7-3-8-22-45/h3-36,41-44,51-52H,37-40H2,1-2H3. The molecule has 336 valence electrons. The van der Waals surface area contributed by atoms with Gasteiger partial charge in [0.2, 0.25) is 0 Å². The topological polar surface area (TPSA) is 6.48 Å². The minimum atomic E-state index is -0.198. The average molecular weight is 899 g/mol. The maximum absolute atomic E-state index is 2.64. The van der Waals surface area contributed by atoms with Crippen LogP contribution in [0.5, 0.6) is 0 Å². The summed E-state index contributed by atoms with van der Waals surface area (Å²) in [6.07, 6.45) is 4.60. The molecule has 0 radical (unpaired) electrons. The van der Waals surface area contributed by atoms with E-state index in [2.05, 4.69) is 254 Å². The van der Waals surface area contributed by atoms with Crippen molar-refractivity contribution in [1.82, 2.24) is 0 Å². The number of anilines is 6. The van der Waals surface area contributed by atoms with E-state index in [0.717, 1.165) is 12.8 Å². The highest BCUT2D eigenvalue weighted by molar-refractivity contribution is 6.00. The third-order valence-electron chi connectivity index (χ3n) is 16.9. The molecule has 4 aliphatic rings. The molecule has 0 heterocycles. The van der Waals surface area contributed by atoms with Gasteiger partial charge in [-0.1, -0.05) is 184 Å². The number of para-hydroxylation sites is 2.